The SMILES string of the molecule is Cc1cccc(Nc2ncnc3cc(OCCCN4CCN(C)CC4)c([N+](=O)[O-])cc23)c1. The summed E-state index contributed by atoms with van der Waals surface area (Å²) in [6.07, 6.45) is 2.26. The second kappa shape index (κ2) is 9.88. The fraction of sp³-hybridized carbons (Fsp3) is 0.391. The van der Waals surface area contributed by atoms with Crippen molar-refractivity contribution in [3.8, 4) is 5.75 Å². The molecule has 9 nitrogen and oxygen atoms in total. The van der Waals surface area contributed by atoms with E-state index in [1.165, 1.54) is 12.4 Å². The third-order valence-electron chi connectivity index (χ3n) is 5.67. The van der Waals surface area contributed by atoms with E-state index in [1.54, 1.807) is 6.07 Å². The maximum atomic E-state index is 11.7. The number of aromatic nitrogens is 2. The first kappa shape index (κ1) is 21.9. The Kier molecular flexibility index (Phi) is 6.77. The van der Waals surface area contributed by atoms with E-state index < -0.39 is 4.92 Å². The van der Waals surface area contributed by atoms with Crippen molar-refractivity contribution in [1.82, 2.24) is 19.8 Å². The number of benzene rings is 2. The van der Waals surface area contributed by atoms with E-state index in [9.17, 15) is 10.1 Å². The molecule has 32 heavy (non-hydrogen) atoms. The van der Waals surface area contributed by atoms with Crippen molar-refractivity contribution in [1.29, 1.82) is 0 Å². The van der Waals surface area contributed by atoms with E-state index in [4.69, 9.17) is 4.74 Å². The van der Waals surface area contributed by atoms with Gasteiger partial charge in [0.25, 0.3) is 0 Å². The molecule has 2 heterocycles. The number of nitrogens with one attached hydrogen (secondary N) is 1. The molecule has 0 radical (unpaired) electrons. The highest BCUT2D eigenvalue weighted by atomic mass is 16.6. The minimum absolute atomic E-state index is 0.0841. The van der Waals surface area contributed by atoms with Crippen LogP contribution in [0.25, 0.3) is 10.9 Å². The summed E-state index contributed by atoms with van der Waals surface area (Å²) >= 11 is 0. The number of ether oxygens (including phenoxy) is 1. The van der Waals surface area contributed by atoms with Crippen LogP contribution in [0.1, 0.15) is 12.0 Å². The van der Waals surface area contributed by atoms with Gasteiger partial charge < -0.3 is 19.9 Å². The molecule has 1 saturated heterocycles. The molecule has 1 N–H and O–H groups in total. The third-order valence-corrected chi connectivity index (χ3v) is 5.67. The van der Waals surface area contributed by atoms with Gasteiger partial charge in [-0.3, -0.25) is 10.1 Å². The van der Waals surface area contributed by atoms with Crippen LogP contribution in [-0.4, -0.2) is 71.1 Å². The molecule has 0 atom stereocenters. The van der Waals surface area contributed by atoms with Gasteiger partial charge in [0.1, 0.15) is 12.1 Å². The average Bonchev–Trinajstić information content (AvgIpc) is 2.77. The summed E-state index contributed by atoms with van der Waals surface area (Å²) in [6.45, 7) is 7.55. The molecule has 4 rings (SSSR count). The van der Waals surface area contributed by atoms with Crippen molar-refractivity contribution in [3.63, 3.8) is 0 Å². The van der Waals surface area contributed by atoms with Gasteiger partial charge in [0.2, 0.25) is 0 Å². The molecule has 3 aromatic rings. The summed E-state index contributed by atoms with van der Waals surface area (Å²) in [5, 5.41) is 15.6. The number of fused-ring (bicyclic) bond motifs is 1. The maximum absolute atomic E-state index is 11.7. The summed E-state index contributed by atoms with van der Waals surface area (Å²) < 4.78 is 5.83. The van der Waals surface area contributed by atoms with Gasteiger partial charge in [0, 0.05) is 50.5 Å². The van der Waals surface area contributed by atoms with Crippen LogP contribution in [0.2, 0.25) is 0 Å². The topological polar surface area (TPSA) is 96.7 Å². The van der Waals surface area contributed by atoms with Gasteiger partial charge in [-0.05, 0) is 38.1 Å². The molecule has 0 amide bonds. The minimum Gasteiger partial charge on any atom is -0.487 e. The molecule has 168 valence electrons. The maximum Gasteiger partial charge on any atom is 0.311 e. The van der Waals surface area contributed by atoms with Crippen molar-refractivity contribution in [2.75, 3.05) is 51.7 Å². The van der Waals surface area contributed by atoms with Crippen LogP contribution in [-0.2, 0) is 0 Å². The number of likely N-dealkylation sites (N-methyl/N-ethyl adjacent to an activating group) is 1. The number of piperazine rings is 1. The summed E-state index contributed by atoms with van der Waals surface area (Å²) in [7, 11) is 2.13. The molecule has 9 heteroatoms. The third kappa shape index (κ3) is 5.30. The first-order valence-electron chi connectivity index (χ1n) is 10.8. The quantitative estimate of drug-likeness (QED) is 0.325. The van der Waals surface area contributed by atoms with E-state index in [2.05, 4.69) is 32.1 Å². The number of anilines is 2. The highest BCUT2D eigenvalue weighted by Gasteiger charge is 2.20. The molecule has 0 aliphatic carbocycles. The molecule has 0 spiro atoms. The van der Waals surface area contributed by atoms with Crippen LogP contribution >= 0.6 is 0 Å². The minimum atomic E-state index is -0.418. The number of nitro benzene ring substituents is 1. The van der Waals surface area contributed by atoms with Gasteiger partial charge in [0.15, 0.2) is 5.75 Å². The Balaban J connectivity index is 1.49. The molecule has 1 fully saturated rings. The molecule has 0 bridgehead atoms. The van der Waals surface area contributed by atoms with Crippen molar-refractivity contribution < 1.29 is 9.66 Å². The molecule has 0 saturated carbocycles. The number of rotatable bonds is 8. The number of hydrogen-bond acceptors (Lipinski definition) is 8. The predicted octanol–water partition coefficient (Wildman–Crippen LogP) is 3.61. The number of hydrogen-bond donors (Lipinski definition) is 1. The van der Waals surface area contributed by atoms with Crippen molar-refractivity contribution in [2.45, 2.75) is 13.3 Å². The van der Waals surface area contributed by atoms with E-state index in [0.717, 1.165) is 50.4 Å². The highest BCUT2D eigenvalue weighted by molar-refractivity contribution is 5.93. The zero-order valence-corrected chi connectivity index (χ0v) is 18.5. The number of nitrogens with zero attached hydrogens (tertiary/aromatic N) is 5. The van der Waals surface area contributed by atoms with Crippen molar-refractivity contribution in [3.05, 3.63) is 58.4 Å². The first-order chi connectivity index (χ1) is 15.5. The standard InChI is InChI=1S/C23H28N6O3/c1-17-5-3-6-18(13-17)26-23-19-14-21(29(30)31)22(15-20(19)24-16-25-23)32-12-4-7-28-10-8-27(2)9-11-28/h3,5-6,13-16H,4,7-12H2,1-2H3,(H,24,25,26). The molecule has 1 aliphatic heterocycles. The Labute approximate surface area is 187 Å². The van der Waals surface area contributed by atoms with Crippen molar-refractivity contribution >= 4 is 28.1 Å². The van der Waals surface area contributed by atoms with Crippen LogP contribution in [0.5, 0.6) is 5.75 Å². The van der Waals surface area contributed by atoms with Crippen LogP contribution in [0, 0.1) is 17.0 Å². The normalized spacial score (nSPS) is 15.1. The summed E-state index contributed by atoms with van der Waals surface area (Å²) in [5.74, 6) is 0.756. The Morgan fingerprint density at radius 1 is 1.16 bits per heavy atom. The monoisotopic (exact) mass is 436 g/mol. The molecule has 1 aliphatic rings. The summed E-state index contributed by atoms with van der Waals surface area (Å²) in [5.41, 5.74) is 2.47. The number of aryl methyl sites for hydroxylation is 1. The molecule has 1 aromatic heterocycles. The predicted molar refractivity (Wildman–Crippen MR) is 125 cm³/mol. The van der Waals surface area contributed by atoms with Gasteiger partial charge >= 0.3 is 5.69 Å². The highest BCUT2D eigenvalue weighted by Crippen LogP contribution is 2.34. The second-order valence-corrected chi connectivity index (χ2v) is 8.16. The van der Waals surface area contributed by atoms with E-state index in [-0.39, 0.29) is 11.4 Å². The lowest BCUT2D eigenvalue weighted by atomic mass is 10.1. The van der Waals surface area contributed by atoms with Crippen LogP contribution in [0.4, 0.5) is 17.2 Å². The van der Waals surface area contributed by atoms with Gasteiger partial charge in [-0.1, -0.05) is 12.1 Å². The van der Waals surface area contributed by atoms with Crippen LogP contribution < -0.4 is 10.1 Å². The van der Waals surface area contributed by atoms with Crippen molar-refractivity contribution in [2.24, 2.45) is 0 Å². The zero-order chi connectivity index (χ0) is 22.5. The van der Waals surface area contributed by atoms with E-state index >= 15 is 0 Å². The zero-order valence-electron chi connectivity index (χ0n) is 18.5. The molecule has 0 unspecified atom stereocenters. The average molecular weight is 437 g/mol. The smallest absolute Gasteiger partial charge is 0.311 e. The fourth-order valence-corrected chi connectivity index (χ4v) is 3.83. The second-order valence-electron chi connectivity index (χ2n) is 8.16. The lowest BCUT2D eigenvalue weighted by Crippen LogP contribution is -2.44. The molecular formula is C23H28N6O3. The van der Waals surface area contributed by atoms with Crippen LogP contribution in [0.3, 0.4) is 0 Å². The largest absolute Gasteiger partial charge is 0.487 e. The van der Waals surface area contributed by atoms with Gasteiger partial charge in [-0.25, -0.2) is 9.97 Å². The van der Waals surface area contributed by atoms with Crippen LogP contribution in [0.15, 0.2) is 42.7 Å². The molecular weight excluding hydrogens is 408 g/mol. The summed E-state index contributed by atoms with van der Waals surface area (Å²) in [6, 6.07) is 11.0. The van der Waals surface area contributed by atoms with Gasteiger partial charge in [-0.15, -0.1) is 0 Å². The summed E-state index contributed by atoms with van der Waals surface area (Å²) in [4.78, 5) is 24.6. The van der Waals surface area contributed by atoms with Gasteiger partial charge in [0.05, 0.1) is 22.4 Å². The Morgan fingerprint density at radius 2 is 1.97 bits per heavy atom. The van der Waals surface area contributed by atoms with E-state index in [0.29, 0.717) is 23.3 Å². The first-order valence-corrected chi connectivity index (χ1v) is 10.8. The lowest BCUT2D eigenvalue weighted by Gasteiger charge is -2.32. The Bertz CT molecular complexity index is 1100. The van der Waals surface area contributed by atoms with E-state index in [1.807, 2.05) is 31.2 Å². The fourth-order valence-electron chi connectivity index (χ4n) is 3.83. The number of nitro groups is 1. The Hall–Kier alpha value is -3.30. The van der Waals surface area contributed by atoms with Gasteiger partial charge in [-0.2, -0.15) is 0 Å². The lowest BCUT2D eigenvalue weighted by molar-refractivity contribution is -0.385. The molecule has 2 aromatic carbocycles. The Morgan fingerprint density at radius 3 is 2.72 bits per heavy atom.